The topological polar surface area (TPSA) is 26.3 Å². The number of hydrogen-bond donors (Lipinski definition) is 0. The highest BCUT2D eigenvalue weighted by Crippen LogP contribution is 2.50. The third kappa shape index (κ3) is 1.68. The van der Waals surface area contributed by atoms with Crippen molar-refractivity contribution in [2.24, 2.45) is 17.8 Å². The Hall–Kier alpha value is -0.790. The predicted molar refractivity (Wildman–Crippen MR) is 63.9 cm³/mol. The number of fused-ring (bicyclic) bond motifs is 1. The summed E-state index contributed by atoms with van der Waals surface area (Å²) in [6.45, 7) is 8.37. The number of ether oxygens (including phenoxy) is 1. The summed E-state index contributed by atoms with van der Waals surface area (Å²) in [7, 11) is 0. The first-order valence-corrected chi connectivity index (χ1v) is 6.34. The Morgan fingerprint density at radius 2 is 2.06 bits per heavy atom. The van der Waals surface area contributed by atoms with Gasteiger partial charge < -0.3 is 4.74 Å². The van der Waals surface area contributed by atoms with Crippen LogP contribution in [0.25, 0.3) is 0 Å². The van der Waals surface area contributed by atoms with Crippen molar-refractivity contribution in [3.8, 4) is 0 Å². The normalized spacial score (nSPS) is 42.5. The van der Waals surface area contributed by atoms with Gasteiger partial charge in [0.1, 0.15) is 5.60 Å². The van der Waals surface area contributed by atoms with E-state index in [1.807, 2.05) is 6.92 Å². The van der Waals surface area contributed by atoms with Gasteiger partial charge in [-0.15, -0.1) is 0 Å². The zero-order valence-electron chi connectivity index (χ0n) is 10.7. The molecule has 2 rings (SSSR count). The second kappa shape index (κ2) is 3.90. The standard InChI is InChI=1S/C14H22O2/c1-9(2)8-14-11(4)5-6-12(14)7-10(3)13(15)16-14/h8,10-12H,5-7H2,1-4H3/t10-,11-,12-,14-/m0/s1. The molecule has 0 spiro atoms. The van der Waals surface area contributed by atoms with Crippen molar-refractivity contribution < 1.29 is 9.53 Å². The Labute approximate surface area is 98.1 Å². The van der Waals surface area contributed by atoms with E-state index in [0.717, 1.165) is 6.42 Å². The van der Waals surface area contributed by atoms with E-state index in [-0.39, 0.29) is 17.5 Å². The van der Waals surface area contributed by atoms with Crippen molar-refractivity contribution in [3.05, 3.63) is 11.6 Å². The lowest BCUT2D eigenvalue weighted by molar-refractivity contribution is -0.177. The Morgan fingerprint density at radius 3 is 2.69 bits per heavy atom. The largest absolute Gasteiger partial charge is 0.454 e. The Balaban J connectivity index is 2.36. The summed E-state index contributed by atoms with van der Waals surface area (Å²) in [5.74, 6) is 1.06. The number of allylic oxidation sites excluding steroid dienone is 1. The monoisotopic (exact) mass is 222 g/mol. The molecule has 0 amide bonds. The molecule has 0 aromatic rings. The van der Waals surface area contributed by atoms with Crippen LogP contribution in [0.5, 0.6) is 0 Å². The minimum atomic E-state index is -0.289. The van der Waals surface area contributed by atoms with Crippen LogP contribution in [0.15, 0.2) is 11.6 Å². The fraction of sp³-hybridized carbons (Fsp3) is 0.786. The summed E-state index contributed by atoms with van der Waals surface area (Å²) < 4.78 is 5.82. The fourth-order valence-electron chi connectivity index (χ4n) is 3.33. The summed E-state index contributed by atoms with van der Waals surface area (Å²) in [4.78, 5) is 11.8. The van der Waals surface area contributed by atoms with E-state index in [4.69, 9.17) is 4.74 Å². The third-order valence-electron chi connectivity index (χ3n) is 4.19. The third-order valence-corrected chi connectivity index (χ3v) is 4.19. The number of carbonyl (C=O) groups excluding carboxylic acids is 1. The van der Waals surface area contributed by atoms with Crippen LogP contribution in [0.2, 0.25) is 0 Å². The first-order valence-electron chi connectivity index (χ1n) is 6.34. The summed E-state index contributed by atoms with van der Waals surface area (Å²) in [5, 5.41) is 0. The van der Waals surface area contributed by atoms with Crippen LogP contribution < -0.4 is 0 Å². The molecule has 2 fully saturated rings. The van der Waals surface area contributed by atoms with E-state index in [1.165, 1.54) is 18.4 Å². The van der Waals surface area contributed by atoms with Gasteiger partial charge in [-0.2, -0.15) is 0 Å². The average Bonchev–Trinajstić information content (AvgIpc) is 2.45. The van der Waals surface area contributed by atoms with Crippen molar-refractivity contribution in [3.63, 3.8) is 0 Å². The van der Waals surface area contributed by atoms with E-state index < -0.39 is 0 Å². The quantitative estimate of drug-likeness (QED) is 0.502. The molecule has 4 atom stereocenters. The molecule has 2 heteroatoms. The molecule has 0 bridgehead atoms. The zero-order valence-corrected chi connectivity index (χ0v) is 10.7. The van der Waals surface area contributed by atoms with Gasteiger partial charge in [-0.1, -0.05) is 19.4 Å². The highest BCUT2D eigenvalue weighted by atomic mass is 16.6. The van der Waals surface area contributed by atoms with E-state index in [2.05, 4.69) is 26.8 Å². The summed E-state index contributed by atoms with van der Waals surface area (Å²) in [6, 6.07) is 0. The summed E-state index contributed by atoms with van der Waals surface area (Å²) >= 11 is 0. The number of esters is 1. The zero-order chi connectivity index (χ0) is 11.9. The highest BCUT2D eigenvalue weighted by molar-refractivity contribution is 5.74. The molecule has 0 N–H and O–H groups in total. The van der Waals surface area contributed by atoms with Crippen LogP contribution in [0, 0.1) is 17.8 Å². The average molecular weight is 222 g/mol. The molecule has 90 valence electrons. The van der Waals surface area contributed by atoms with Crippen molar-refractivity contribution in [1.29, 1.82) is 0 Å². The molecule has 0 radical (unpaired) electrons. The fourth-order valence-corrected chi connectivity index (χ4v) is 3.33. The van der Waals surface area contributed by atoms with E-state index in [9.17, 15) is 4.79 Å². The molecule has 1 aliphatic carbocycles. The Bertz CT molecular complexity index is 328. The number of rotatable bonds is 1. The molecule has 16 heavy (non-hydrogen) atoms. The van der Waals surface area contributed by atoms with Gasteiger partial charge in [0, 0.05) is 5.92 Å². The van der Waals surface area contributed by atoms with Crippen LogP contribution in [0.3, 0.4) is 0 Å². The Kier molecular flexibility index (Phi) is 2.85. The molecule has 1 saturated heterocycles. The maximum absolute atomic E-state index is 11.8. The first-order chi connectivity index (χ1) is 7.45. The molecule has 2 aliphatic rings. The lowest BCUT2D eigenvalue weighted by atomic mass is 9.76. The second-order valence-corrected chi connectivity index (χ2v) is 5.81. The molecule has 1 heterocycles. The minimum Gasteiger partial charge on any atom is -0.454 e. The van der Waals surface area contributed by atoms with Gasteiger partial charge in [-0.25, -0.2) is 0 Å². The van der Waals surface area contributed by atoms with Crippen LogP contribution in [-0.4, -0.2) is 11.6 Å². The molecule has 0 aromatic heterocycles. The van der Waals surface area contributed by atoms with Gasteiger partial charge >= 0.3 is 5.97 Å². The van der Waals surface area contributed by atoms with E-state index in [1.54, 1.807) is 0 Å². The molecular weight excluding hydrogens is 200 g/mol. The lowest BCUT2D eigenvalue weighted by Gasteiger charge is -2.42. The van der Waals surface area contributed by atoms with Crippen LogP contribution in [-0.2, 0) is 9.53 Å². The lowest BCUT2D eigenvalue weighted by Crippen LogP contribution is -2.48. The van der Waals surface area contributed by atoms with Crippen LogP contribution >= 0.6 is 0 Å². The van der Waals surface area contributed by atoms with E-state index >= 15 is 0 Å². The van der Waals surface area contributed by atoms with Crippen molar-refractivity contribution in [1.82, 2.24) is 0 Å². The van der Waals surface area contributed by atoms with Crippen LogP contribution in [0.4, 0.5) is 0 Å². The molecule has 2 nitrogen and oxygen atoms in total. The minimum absolute atomic E-state index is 0.0116. The molecule has 0 unspecified atom stereocenters. The van der Waals surface area contributed by atoms with Gasteiger partial charge in [-0.3, -0.25) is 4.79 Å². The van der Waals surface area contributed by atoms with Crippen molar-refractivity contribution in [2.45, 2.75) is 52.6 Å². The van der Waals surface area contributed by atoms with Gasteiger partial charge in [-0.05, 0) is 45.1 Å². The van der Waals surface area contributed by atoms with Crippen molar-refractivity contribution in [2.75, 3.05) is 0 Å². The first kappa shape index (κ1) is 11.7. The molecular formula is C14H22O2. The van der Waals surface area contributed by atoms with Gasteiger partial charge in [0.25, 0.3) is 0 Å². The second-order valence-electron chi connectivity index (χ2n) is 5.81. The Morgan fingerprint density at radius 1 is 1.38 bits per heavy atom. The van der Waals surface area contributed by atoms with Crippen LogP contribution in [0.1, 0.15) is 47.0 Å². The highest BCUT2D eigenvalue weighted by Gasteiger charge is 2.53. The smallest absolute Gasteiger partial charge is 0.309 e. The molecule has 0 aromatic carbocycles. The SMILES string of the molecule is CC(C)=C[C@@]12OC(=O)[C@@H](C)C[C@@H]1CC[C@@H]2C. The molecule has 1 aliphatic heterocycles. The summed E-state index contributed by atoms with van der Waals surface area (Å²) in [6.07, 6.45) is 5.56. The maximum atomic E-state index is 11.8. The van der Waals surface area contributed by atoms with Crippen molar-refractivity contribution >= 4 is 5.97 Å². The number of hydrogen-bond acceptors (Lipinski definition) is 2. The maximum Gasteiger partial charge on any atom is 0.309 e. The summed E-state index contributed by atoms with van der Waals surface area (Å²) in [5.41, 5.74) is 0.962. The van der Waals surface area contributed by atoms with Gasteiger partial charge in [0.2, 0.25) is 0 Å². The molecule has 1 saturated carbocycles. The van der Waals surface area contributed by atoms with Gasteiger partial charge in [0.15, 0.2) is 0 Å². The number of carbonyl (C=O) groups is 1. The predicted octanol–water partition coefficient (Wildman–Crippen LogP) is 3.32. The van der Waals surface area contributed by atoms with E-state index in [0.29, 0.717) is 11.8 Å². The van der Waals surface area contributed by atoms with Gasteiger partial charge in [0.05, 0.1) is 5.92 Å².